The van der Waals surface area contributed by atoms with E-state index in [0.717, 1.165) is 10.8 Å². The van der Waals surface area contributed by atoms with E-state index in [9.17, 15) is 13.2 Å². The molecule has 1 saturated heterocycles. The molecule has 0 bridgehead atoms. The van der Waals surface area contributed by atoms with Crippen LogP contribution in [0.1, 0.15) is 23.8 Å². The summed E-state index contributed by atoms with van der Waals surface area (Å²) >= 11 is 0. The number of sulfone groups is 1. The fraction of sp³-hybridized carbons (Fsp3) is 0.412. The third-order valence-corrected chi connectivity index (χ3v) is 6.12. The Morgan fingerprint density at radius 1 is 1.38 bits per heavy atom. The van der Waals surface area contributed by atoms with Crippen molar-refractivity contribution in [2.75, 3.05) is 25.2 Å². The van der Waals surface area contributed by atoms with Crippen molar-refractivity contribution in [1.29, 1.82) is 0 Å². The Hall–Kier alpha value is -2.15. The number of aromatic nitrogens is 1. The summed E-state index contributed by atoms with van der Waals surface area (Å²) in [6, 6.07) is 8.99. The number of rotatable bonds is 4. The zero-order valence-electron chi connectivity index (χ0n) is 13.7. The van der Waals surface area contributed by atoms with E-state index < -0.39 is 9.84 Å². The zero-order chi connectivity index (χ0) is 17.3. The SMILES string of the molecule is CCN(C(=O)c1cc2ccccc2c(OC)n1)C1CCS(=O)(=O)C1. The smallest absolute Gasteiger partial charge is 0.272 e. The summed E-state index contributed by atoms with van der Waals surface area (Å²) in [5.41, 5.74) is 0.275. The summed E-state index contributed by atoms with van der Waals surface area (Å²) in [5, 5.41) is 1.70. The lowest BCUT2D eigenvalue weighted by molar-refractivity contribution is 0.0701. The van der Waals surface area contributed by atoms with Gasteiger partial charge in [0.15, 0.2) is 9.84 Å². The second-order valence-corrected chi connectivity index (χ2v) is 8.11. The average Bonchev–Trinajstić information content (AvgIpc) is 2.94. The van der Waals surface area contributed by atoms with Crippen LogP contribution in [0.5, 0.6) is 5.88 Å². The third-order valence-electron chi connectivity index (χ3n) is 4.37. The van der Waals surface area contributed by atoms with Gasteiger partial charge in [0.25, 0.3) is 5.91 Å². The van der Waals surface area contributed by atoms with Gasteiger partial charge in [-0.15, -0.1) is 0 Å². The molecule has 1 aromatic heterocycles. The van der Waals surface area contributed by atoms with Gasteiger partial charge in [0, 0.05) is 18.0 Å². The molecule has 1 atom stereocenters. The molecule has 0 N–H and O–H groups in total. The van der Waals surface area contributed by atoms with Crippen molar-refractivity contribution < 1.29 is 17.9 Å². The van der Waals surface area contributed by atoms with E-state index in [1.807, 2.05) is 31.2 Å². The summed E-state index contributed by atoms with van der Waals surface area (Å²) in [5.74, 6) is 0.294. The molecule has 6 nitrogen and oxygen atoms in total. The number of methoxy groups -OCH3 is 1. The van der Waals surface area contributed by atoms with Crippen LogP contribution < -0.4 is 4.74 Å². The molecule has 24 heavy (non-hydrogen) atoms. The number of amides is 1. The molecule has 0 radical (unpaired) electrons. The number of carbonyl (C=O) groups excluding carboxylic acids is 1. The van der Waals surface area contributed by atoms with Crippen molar-refractivity contribution in [3.63, 3.8) is 0 Å². The number of fused-ring (bicyclic) bond motifs is 1. The number of carbonyl (C=O) groups is 1. The summed E-state index contributed by atoms with van der Waals surface area (Å²) in [7, 11) is -1.53. The van der Waals surface area contributed by atoms with E-state index >= 15 is 0 Å². The molecule has 1 aliphatic rings. The van der Waals surface area contributed by atoms with Gasteiger partial charge in [-0.05, 0) is 30.9 Å². The van der Waals surface area contributed by atoms with Crippen LogP contribution in [0.3, 0.4) is 0 Å². The van der Waals surface area contributed by atoms with E-state index in [1.54, 1.807) is 11.0 Å². The lowest BCUT2D eigenvalue weighted by Gasteiger charge is -2.26. The highest BCUT2D eigenvalue weighted by Crippen LogP contribution is 2.26. The summed E-state index contributed by atoms with van der Waals surface area (Å²) in [6.07, 6.45) is 0.479. The highest BCUT2D eigenvalue weighted by molar-refractivity contribution is 7.91. The number of pyridine rings is 1. The molecule has 3 rings (SSSR count). The molecule has 1 aromatic carbocycles. The maximum atomic E-state index is 12.9. The van der Waals surface area contributed by atoms with E-state index in [0.29, 0.717) is 18.8 Å². The summed E-state index contributed by atoms with van der Waals surface area (Å²) in [4.78, 5) is 18.8. The first-order chi connectivity index (χ1) is 11.4. The van der Waals surface area contributed by atoms with Gasteiger partial charge in [-0.3, -0.25) is 4.79 Å². The van der Waals surface area contributed by atoms with Crippen LogP contribution >= 0.6 is 0 Å². The quantitative estimate of drug-likeness (QED) is 0.843. The van der Waals surface area contributed by atoms with Crippen molar-refractivity contribution in [3.8, 4) is 5.88 Å². The molecule has 1 unspecified atom stereocenters. The molecule has 2 aromatic rings. The lowest BCUT2D eigenvalue weighted by atomic mass is 10.1. The Kier molecular flexibility index (Phi) is 4.45. The highest BCUT2D eigenvalue weighted by atomic mass is 32.2. The first kappa shape index (κ1) is 16.7. The van der Waals surface area contributed by atoms with E-state index in [4.69, 9.17) is 4.74 Å². The average molecular weight is 348 g/mol. The van der Waals surface area contributed by atoms with Gasteiger partial charge in [-0.1, -0.05) is 18.2 Å². The second-order valence-electron chi connectivity index (χ2n) is 5.89. The molecule has 7 heteroatoms. The standard InChI is InChI=1S/C17H20N2O4S/c1-3-19(13-8-9-24(21,22)11-13)17(20)15-10-12-6-4-5-7-14(12)16(18-15)23-2/h4-7,10,13H,3,8-9,11H2,1-2H3. The number of benzene rings is 1. The predicted molar refractivity (Wildman–Crippen MR) is 92.1 cm³/mol. The Morgan fingerprint density at radius 3 is 2.75 bits per heavy atom. The molecule has 0 spiro atoms. The lowest BCUT2D eigenvalue weighted by Crippen LogP contribution is -2.41. The first-order valence-corrected chi connectivity index (χ1v) is 9.72. The van der Waals surface area contributed by atoms with Crippen LogP contribution in [0.4, 0.5) is 0 Å². The first-order valence-electron chi connectivity index (χ1n) is 7.90. The largest absolute Gasteiger partial charge is 0.481 e. The van der Waals surface area contributed by atoms with E-state index in [-0.39, 0.29) is 29.1 Å². The number of hydrogen-bond acceptors (Lipinski definition) is 5. The topological polar surface area (TPSA) is 76.6 Å². The Balaban J connectivity index is 1.98. The van der Waals surface area contributed by atoms with Gasteiger partial charge in [0.1, 0.15) is 5.69 Å². The van der Waals surface area contributed by atoms with Crippen molar-refractivity contribution >= 4 is 26.5 Å². The zero-order valence-corrected chi connectivity index (χ0v) is 14.5. The Labute approximate surface area is 141 Å². The molecule has 1 aliphatic heterocycles. The molecule has 1 amide bonds. The van der Waals surface area contributed by atoms with Crippen molar-refractivity contribution in [2.24, 2.45) is 0 Å². The molecule has 0 aliphatic carbocycles. The van der Waals surface area contributed by atoms with E-state index in [1.165, 1.54) is 7.11 Å². The third kappa shape index (κ3) is 3.08. The maximum absolute atomic E-state index is 12.9. The van der Waals surface area contributed by atoms with Crippen LogP contribution in [0.2, 0.25) is 0 Å². The molecular formula is C17H20N2O4S. The van der Waals surface area contributed by atoms with E-state index in [2.05, 4.69) is 4.98 Å². The predicted octanol–water partition coefficient (Wildman–Crippen LogP) is 1.89. The van der Waals surface area contributed by atoms with Crippen molar-refractivity contribution in [1.82, 2.24) is 9.88 Å². The number of nitrogens with zero attached hydrogens (tertiary/aromatic N) is 2. The fourth-order valence-electron chi connectivity index (χ4n) is 3.17. The van der Waals surface area contributed by atoms with Crippen molar-refractivity contribution in [3.05, 3.63) is 36.0 Å². The number of hydrogen-bond donors (Lipinski definition) is 0. The van der Waals surface area contributed by atoms with Gasteiger partial charge in [0.2, 0.25) is 5.88 Å². The Bertz CT molecular complexity index is 879. The maximum Gasteiger partial charge on any atom is 0.272 e. The minimum Gasteiger partial charge on any atom is -0.481 e. The molecule has 2 heterocycles. The van der Waals surface area contributed by atoms with Gasteiger partial charge in [-0.2, -0.15) is 0 Å². The highest BCUT2D eigenvalue weighted by Gasteiger charge is 2.34. The minimum atomic E-state index is -3.05. The summed E-state index contributed by atoms with van der Waals surface area (Å²) < 4.78 is 28.8. The molecular weight excluding hydrogens is 328 g/mol. The van der Waals surface area contributed by atoms with Crippen LogP contribution in [-0.4, -0.2) is 55.4 Å². The van der Waals surface area contributed by atoms with Crippen LogP contribution in [0.25, 0.3) is 10.8 Å². The second kappa shape index (κ2) is 6.39. The minimum absolute atomic E-state index is 0.0251. The molecule has 128 valence electrons. The van der Waals surface area contributed by atoms with Crippen LogP contribution in [0, 0.1) is 0 Å². The van der Waals surface area contributed by atoms with Gasteiger partial charge >= 0.3 is 0 Å². The normalized spacial score (nSPS) is 19.3. The van der Waals surface area contributed by atoms with Gasteiger partial charge in [0.05, 0.1) is 18.6 Å². The van der Waals surface area contributed by atoms with Gasteiger partial charge < -0.3 is 9.64 Å². The van der Waals surface area contributed by atoms with Gasteiger partial charge in [-0.25, -0.2) is 13.4 Å². The Morgan fingerprint density at radius 2 is 2.12 bits per heavy atom. The van der Waals surface area contributed by atoms with Crippen molar-refractivity contribution in [2.45, 2.75) is 19.4 Å². The van der Waals surface area contributed by atoms with Crippen LogP contribution in [-0.2, 0) is 9.84 Å². The fourth-order valence-corrected chi connectivity index (χ4v) is 4.90. The number of ether oxygens (including phenoxy) is 1. The summed E-state index contributed by atoms with van der Waals surface area (Å²) in [6.45, 7) is 2.29. The monoisotopic (exact) mass is 348 g/mol. The van der Waals surface area contributed by atoms with Crippen LogP contribution in [0.15, 0.2) is 30.3 Å². The molecule has 1 fully saturated rings. The molecule has 0 saturated carbocycles.